The zero-order chi connectivity index (χ0) is 12.1. The van der Waals surface area contributed by atoms with Crippen LogP contribution in [0.2, 0.25) is 0 Å². The average molecular weight is 241 g/mol. The van der Waals surface area contributed by atoms with Crippen LogP contribution >= 0.6 is 0 Å². The van der Waals surface area contributed by atoms with E-state index in [-0.39, 0.29) is 13.5 Å². The van der Waals surface area contributed by atoms with Crippen molar-refractivity contribution in [3.8, 4) is 17.2 Å². The molecule has 0 saturated carbocycles. The van der Waals surface area contributed by atoms with Crippen LogP contribution in [0, 0.1) is 0 Å². The molecule has 94 valence electrons. The second kappa shape index (κ2) is 5.72. The number of rotatable bonds is 6. The molecule has 5 heteroatoms. The molecule has 0 fully saturated rings. The summed E-state index contributed by atoms with van der Waals surface area (Å²) in [6, 6.07) is 3.81. The Morgan fingerprint density at radius 1 is 1.41 bits per heavy atom. The maximum Gasteiger partial charge on any atom is 0.231 e. The number of hydrogen-bond acceptors (Lipinski definition) is 4. The van der Waals surface area contributed by atoms with Gasteiger partial charge in [0.25, 0.3) is 0 Å². The molecule has 0 atom stereocenters. The lowest BCUT2D eigenvalue weighted by molar-refractivity contribution is 0.171. The summed E-state index contributed by atoms with van der Waals surface area (Å²) in [5, 5.41) is 3.15. The molecule has 4 nitrogen and oxygen atoms in total. The summed E-state index contributed by atoms with van der Waals surface area (Å²) in [4.78, 5) is 0. The molecule has 0 amide bonds. The molecule has 0 spiro atoms. The fourth-order valence-corrected chi connectivity index (χ4v) is 1.71. The van der Waals surface area contributed by atoms with E-state index in [0.29, 0.717) is 36.8 Å². The van der Waals surface area contributed by atoms with Gasteiger partial charge in [-0.2, -0.15) is 0 Å². The summed E-state index contributed by atoms with van der Waals surface area (Å²) in [7, 11) is 1.59. The number of benzene rings is 1. The van der Waals surface area contributed by atoms with Gasteiger partial charge < -0.3 is 19.5 Å². The summed E-state index contributed by atoms with van der Waals surface area (Å²) in [5.41, 5.74) is 1.03. The normalized spacial score (nSPS) is 12.8. The van der Waals surface area contributed by atoms with Crippen LogP contribution in [0.15, 0.2) is 12.1 Å². The lowest BCUT2D eigenvalue weighted by atomic mass is 10.2. The minimum atomic E-state index is -0.294. The maximum absolute atomic E-state index is 11.9. The third-order valence-electron chi connectivity index (χ3n) is 2.53. The van der Waals surface area contributed by atoms with Crippen molar-refractivity contribution in [2.45, 2.75) is 13.0 Å². The van der Waals surface area contributed by atoms with Crippen LogP contribution in [-0.4, -0.2) is 27.1 Å². The number of halogens is 1. The Hall–Kier alpha value is -1.49. The second-order valence-electron chi connectivity index (χ2n) is 3.75. The van der Waals surface area contributed by atoms with Crippen molar-refractivity contribution in [3.05, 3.63) is 17.7 Å². The van der Waals surface area contributed by atoms with Crippen molar-refractivity contribution in [2.75, 3.05) is 27.1 Å². The predicted molar refractivity (Wildman–Crippen MR) is 61.4 cm³/mol. The van der Waals surface area contributed by atoms with Gasteiger partial charge in [-0.05, 0) is 30.7 Å². The van der Waals surface area contributed by atoms with Gasteiger partial charge in [0.2, 0.25) is 12.5 Å². The molecule has 1 N–H and O–H groups in total. The quantitative estimate of drug-likeness (QED) is 0.772. The van der Waals surface area contributed by atoms with Crippen molar-refractivity contribution in [2.24, 2.45) is 0 Å². The molecule has 0 unspecified atom stereocenters. The first-order valence-electron chi connectivity index (χ1n) is 5.58. The van der Waals surface area contributed by atoms with E-state index in [9.17, 15) is 4.39 Å². The molecule has 0 aliphatic carbocycles. The highest BCUT2D eigenvalue weighted by Crippen LogP contribution is 2.41. The highest BCUT2D eigenvalue weighted by Gasteiger charge is 2.19. The van der Waals surface area contributed by atoms with Crippen LogP contribution in [0.4, 0.5) is 4.39 Å². The Labute approximate surface area is 99.7 Å². The van der Waals surface area contributed by atoms with Gasteiger partial charge in [0.1, 0.15) is 0 Å². The molecule has 0 radical (unpaired) electrons. The molecule has 1 aliphatic rings. The summed E-state index contributed by atoms with van der Waals surface area (Å²) in [6.45, 7) is 1.25. The van der Waals surface area contributed by atoms with Crippen molar-refractivity contribution in [1.82, 2.24) is 5.32 Å². The lowest BCUT2D eigenvalue weighted by Crippen LogP contribution is -2.15. The smallest absolute Gasteiger partial charge is 0.231 e. The number of fused-ring (bicyclic) bond motifs is 1. The van der Waals surface area contributed by atoms with E-state index in [1.807, 2.05) is 12.1 Å². The van der Waals surface area contributed by atoms with Crippen LogP contribution in [0.3, 0.4) is 0 Å². The first-order valence-corrected chi connectivity index (χ1v) is 5.58. The molecule has 0 aromatic heterocycles. The third kappa shape index (κ3) is 2.79. The van der Waals surface area contributed by atoms with Crippen LogP contribution in [-0.2, 0) is 6.54 Å². The van der Waals surface area contributed by atoms with Crippen molar-refractivity contribution < 1.29 is 18.6 Å². The van der Waals surface area contributed by atoms with Gasteiger partial charge in [-0.1, -0.05) is 0 Å². The van der Waals surface area contributed by atoms with Gasteiger partial charge >= 0.3 is 0 Å². The molecule has 1 heterocycles. The summed E-state index contributed by atoms with van der Waals surface area (Å²) < 4.78 is 27.8. The van der Waals surface area contributed by atoms with Gasteiger partial charge in [-0.3, -0.25) is 4.39 Å². The van der Waals surface area contributed by atoms with Gasteiger partial charge in [0.15, 0.2) is 11.5 Å². The Balaban J connectivity index is 2.03. The molecule has 0 saturated heterocycles. The SMILES string of the molecule is COc1cc(CNCCCF)cc2c1OCO2. The highest BCUT2D eigenvalue weighted by molar-refractivity contribution is 5.55. The fourth-order valence-electron chi connectivity index (χ4n) is 1.71. The minimum Gasteiger partial charge on any atom is -0.493 e. The largest absolute Gasteiger partial charge is 0.493 e. The Morgan fingerprint density at radius 2 is 2.29 bits per heavy atom. The Kier molecular flexibility index (Phi) is 4.03. The molecule has 1 aromatic rings. The molecule has 1 aromatic carbocycles. The molecule has 1 aliphatic heterocycles. The maximum atomic E-state index is 11.9. The monoisotopic (exact) mass is 241 g/mol. The number of alkyl halides is 1. The predicted octanol–water partition coefficient (Wildman–Crippen LogP) is 1.87. The third-order valence-corrected chi connectivity index (χ3v) is 2.53. The van der Waals surface area contributed by atoms with Crippen molar-refractivity contribution in [1.29, 1.82) is 0 Å². The van der Waals surface area contributed by atoms with Gasteiger partial charge in [0, 0.05) is 6.54 Å². The van der Waals surface area contributed by atoms with Gasteiger partial charge in [-0.15, -0.1) is 0 Å². The zero-order valence-corrected chi connectivity index (χ0v) is 9.79. The van der Waals surface area contributed by atoms with E-state index in [1.54, 1.807) is 7.11 Å². The number of ether oxygens (including phenoxy) is 3. The van der Waals surface area contributed by atoms with Crippen molar-refractivity contribution in [3.63, 3.8) is 0 Å². The Bertz CT molecular complexity index is 384. The van der Waals surface area contributed by atoms with E-state index < -0.39 is 0 Å². The summed E-state index contributed by atoms with van der Waals surface area (Å²) >= 11 is 0. The van der Waals surface area contributed by atoms with Crippen LogP contribution in [0.5, 0.6) is 17.2 Å². The molecule has 2 rings (SSSR count). The van der Waals surface area contributed by atoms with Gasteiger partial charge in [0.05, 0.1) is 13.8 Å². The molecular formula is C12H16FNO3. The van der Waals surface area contributed by atoms with E-state index in [2.05, 4.69) is 5.32 Å². The minimum absolute atomic E-state index is 0.227. The molecule has 0 bridgehead atoms. The summed E-state index contributed by atoms with van der Waals surface area (Å²) in [6.07, 6.45) is 0.529. The van der Waals surface area contributed by atoms with Gasteiger partial charge in [-0.25, -0.2) is 0 Å². The van der Waals surface area contributed by atoms with Crippen LogP contribution in [0.25, 0.3) is 0 Å². The summed E-state index contributed by atoms with van der Waals surface area (Å²) in [5.74, 6) is 2.02. The van der Waals surface area contributed by atoms with Crippen LogP contribution < -0.4 is 19.5 Å². The second-order valence-corrected chi connectivity index (χ2v) is 3.75. The first kappa shape index (κ1) is 12.0. The van der Waals surface area contributed by atoms with Crippen molar-refractivity contribution >= 4 is 0 Å². The van der Waals surface area contributed by atoms with Crippen LogP contribution in [0.1, 0.15) is 12.0 Å². The number of methoxy groups -OCH3 is 1. The molecular weight excluding hydrogens is 225 g/mol. The lowest BCUT2D eigenvalue weighted by Gasteiger charge is -2.08. The van der Waals surface area contributed by atoms with E-state index >= 15 is 0 Å². The standard InChI is InChI=1S/C12H16FNO3/c1-15-10-5-9(7-14-4-2-3-13)6-11-12(10)17-8-16-11/h5-6,14H,2-4,7-8H2,1H3. The number of hydrogen-bond donors (Lipinski definition) is 1. The zero-order valence-electron chi connectivity index (χ0n) is 9.79. The average Bonchev–Trinajstić information content (AvgIpc) is 2.81. The topological polar surface area (TPSA) is 39.7 Å². The number of nitrogens with one attached hydrogen (secondary N) is 1. The highest BCUT2D eigenvalue weighted by atomic mass is 19.1. The Morgan fingerprint density at radius 3 is 3.06 bits per heavy atom. The first-order chi connectivity index (χ1) is 8.35. The van der Waals surface area contributed by atoms with E-state index in [1.165, 1.54) is 0 Å². The van der Waals surface area contributed by atoms with E-state index in [4.69, 9.17) is 14.2 Å². The fraction of sp³-hybridized carbons (Fsp3) is 0.500. The van der Waals surface area contributed by atoms with E-state index in [0.717, 1.165) is 5.56 Å². The molecule has 17 heavy (non-hydrogen) atoms.